The zero-order valence-electron chi connectivity index (χ0n) is 27.5. The van der Waals surface area contributed by atoms with Gasteiger partial charge in [-0.05, 0) is 134 Å². The summed E-state index contributed by atoms with van der Waals surface area (Å²) in [5, 5.41) is 8.47. The summed E-state index contributed by atoms with van der Waals surface area (Å²) >= 11 is 0. The third kappa shape index (κ3) is 4.21. The molecule has 0 bridgehead atoms. The molecule has 9 aromatic rings. The minimum Gasteiger partial charge on any atom is -0.456 e. The van der Waals surface area contributed by atoms with Gasteiger partial charge in [-0.15, -0.1) is 0 Å². The van der Waals surface area contributed by atoms with Gasteiger partial charge in [0.25, 0.3) is 0 Å². The summed E-state index contributed by atoms with van der Waals surface area (Å²) in [6.07, 6.45) is 11.0. The zero-order chi connectivity index (χ0) is 32.8. The normalized spacial score (nSPS) is 14.1. The first-order chi connectivity index (χ1) is 24.7. The van der Waals surface area contributed by atoms with Crippen LogP contribution in [0.1, 0.15) is 40.9 Å². The molecule has 2 aliphatic rings. The van der Waals surface area contributed by atoms with Gasteiger partial charge in [-0.1, -0.05) is 103 Å². The molecule has 50 heavy (non-hydrogen) atoms. The van der Waals surface area contributed by atoms with Crippen molar-refractivity contribution in [2.45, 2.75) is 25.7 Å². The molecule has 236 valence electrons. The Labute approximate surface area is 289 Å². The van der Waals surface area contributed by atoms with Gasteiger partial charge in [0.1, 0.15) is 22.5 Å². The Hall–Kier alpha value is -6.12. The number of benzene rings is 7. The van der Waals surface area contributed by atoms with Crippen LogP contribution in [0.3, 0.4) is 0 Å². The molecule has 2 heteroatoms. The first-order valence-electron chi connectivity index (χ1n) is 17.7. The van der Waals surface area contributed by atoms with Gasteiger partial charge in [0.05, 0.1) is 0 Å². The Morgan fingerprint density at radius 3 is 2.16 bits per heavy atom. The lowest BCUT2D eigenvalue weighted by atomic mass is 9.88. The van der Waals surface area contributed by atoms with Gasteiger partial charge in [-0.2, -0.15) is 0 Å². The van der Waals surface area contributed by atoms with Crippen LogP contribution in [0.4, 0.5) is 0 Å². The number of aryl methyl sites for hydroxylation is 2. The van der Waals surface area contributed by atoms with E-state index in [0.717, 1.165) is 59.1 Å². The van der Waals surface area contributed by atoms with Gasteiger partial charge < -0.3 is 8.83 Å². The van der Waals surface area contributed by atoms with Crippen LogP contribution in [-0.4, -0.2) is 0 Å². The molecule has 0 radical (unpaired) electrons. The molecule has 0 fully saturated rings. The summed E-state index contributed by atoms with van der Waals surface area (Å²) < 4.78 is 13.1. The van der Waals surface area contributed by atoms with Gasteiger partial charge >= 0.3 is 0 Å². The summed E-state index contributed by atoms with van der Waals surface area (Å²) in [6, 6.07) is 46.4. The molecule has 11 rings (SSSR count). The number of fused-ring (bicyclic) bond motifs is 11. The van der Waals surface area contributed by atoms with E-state index in [2.05, 4.69) is 146 Å². The van der Waals surface area contributed by atoms with Gasteiger partial charge in [0.2, 0.25) is 0 Å². The van der Waals surface area contributed by atoms with Crippen LogP contribution in [-0.2, 0) is 12.8 Å². The molecule has 0 N–H and O–H groups in total. The molecule has 0 saturated carbocycles. The van der Waals surface area contributed by atoms with E-state index in [-0.39, 0.29) is 0 Å². The van der Waals surface area contributed by atoms with E-state index in [1.165, 1.54) is 76.8 Å². The molecule has 2 nitrogen and oxygen atoms in total. The van der Waals surface area contributed by atoms with Crippen molar-refractivity contribution in [3.63, 3.8) is 0 Å². The average Bonchev–Trinajstić information content (AvgIpc) is 3.75. The third-order valence-corrected chi connectivity index (χ3v) is 11.1. The molecule has 7 aromatic carbocycles. The molecule has 2 aromatic heterocycles. The first kappa shape index (κ1) is 27.8. The maximum Gasteiger partial charge on any atom is 0.136 e. The highest BCUT2D eigenvalue weighted by molar-refractivity contribution is 6.24. The minimum absolute atomic E-state index is 0.912. The number of hydrogen-bond acceptors (Lipinski definition) is 2. The molecular weight excluding hydrogens is 609 g/mol. The fraction of sp³-hybridized carbons (Fsp3) is 0.0833. The molecule has 2 heterocycles. The highest BCUT2D eigenvalue weighted by Crippen LogP contribution is 2.44. The van der Waals surface area contributed by atoms with Crippen molar-refractivity contribution in [1.29, 1.82) is 0 Å². The first-order valence-corrected chi connectivity index (χ1v) is 17.7. The van der Waals surface area contributed by atoms with Crippen molar-refractivity contribution in [3.8, 4) is 22.3 Å². The van der Waals surface area contributed by atoms with E-state index in [4.69, 9.17) is 8.83 Å². The van der Waals surface area contributed by atoms with Crippen molar-refractivity contribution in [2.24, 2.45) is 0 Å². The van der Waals surface area contributed by atoms with Gasteiger partial charge in [0, 0.05) is 21.7 Å². The SMILES string of the molecule is C1=Cc2ccc(-c3ccc(C4=Cc5oc6ccc7c(ccc8oc9cc(-c%10cccc%11ccccc%10%11)ccc9c87)c6c5CC4)cc3)cc2CC1. The molecule has 0 spiro atoms. The van der Waals surface area contributed by atoms with E-state index in [1.807, 2.05) is 0 Å². The molecule has 0 saturated heterocycles. The monoisotopic (exact) mass is 640 g/mol. The second-order valence-electron chi connectivity index (χ2n) is 13.9. The molecule has 0 amide bonds. The Balaban J connectivity index is 0.973. The summed E-state index contributed by atoms with van der Waals surface area (Å²) in [5.41, 5.74) is 14.4. The van der Waals surface area contributed by atoms with Crippen LogP contribution in [0.25, 0.3) is 94.4 Å². The van der Waals surface area contributed by atoms with E-state index >= 15 is 0 Å². The number of rotatable bonds is 3. The molecule has 0 unspecified atom stereocenters. The summed E-state index contributed by atoms with van der Waals surface area (Å²) in [6.45, 7) is 0. The van der Waals surface area contributed by atoms with Gasteiger partial charge in [0.15, 0.2) is 0 Å². The second-order valence-corrected chi connectivity index (χ2v) is 13.9. The fourth-order valence-corrected chi connectivity index (χ4v) is 8.58. The fourth-order valence-electron chi connectivity index (χ4n) is 8.58. The summed E-state index contributed by atoms with van der Waals surface area (Å²) in [5.74, 6) is 0.984. The Morgan fingerprint density at radius 1 is 0.480 bits per heavy atom. The van der Waals surface area contributed by atoms with Crippen molar-refractivity contribution >= 4 is 72.2 Å². The smallest absolute Gasteiger partial charge is 0.136 e. The van der Waals surface area contributed by atoms with E-state index in [1.54, 1.807) is 0 Å². The topological polar surface area (TPSA) is 26.3 Å². The lowest BCUT2D eigenvalue weighted by Gasteiger charge is -2.15. The van der Waals surface area contributed by atoms with E-state index in [0.29, 0.717) is 0 Å². The van der Waals surface area contributed by atoms with Gasteiger partial charge in [-0.25, -0.2) is 0 Å². The van der Waals surface area contributed by atoms with Crippen LogP contribution < -0.4 is 0 Å². The predicted molar refractivity (Wildman–Crippen MR) is 209 cm³/mol. The Bertz CT molecular complexity index is 2900. The lowest BCUT2D eigenvalue weighted by Crippen LogP contribution is -1.97. The Kier molecular flexibility index (Phi) is 5.94. The number of allylic oxidation sites excluding steroid dienone is 2. The molecule has 0 aliphatic heterocycles. The van der Waals surface area contributed by atoms with Crippen molar-refractivity contribution in [3.05, 3.63) is 161 Å². The van der Waals surface area contributed by atoms with Crippen LogP contribution >= 0.6 is 0 Å². The van der Waals surface area contributed by atoms with Crippen LogP contribution in [0.2, 0.25) is 0 Å². The van der Waals surface area contributed by atoms with Crippen molar-refractivity contribution in [2.75, 3.05) is 0 Å². The van der Waals surface area contributed by atoms with E-state index in [9.17, 15) is 0 Å². The van der Waals surface area contributed by atoms with Crippen molar-refractivity contribution < 1.29 is 8.83 Å². The highest BCUT2D eigenvalue weighted by atomic mass is 16.3. The maximum atomic E-state index is 6.57. The lowest BCUT2D eigenvalue weighted by molar-refractivity contribution is 0.596. The number of furan rings is 2. The minimum atomic E-state index is 0.912. The highest BCUT2D eigenvalue weighted by Gasteiger charge is 2.22. The maximum absolute atomic E-state index is 6.57. The summed E-state index contributed by atoms with van der Waals surface area (Å²) in [4.78, 5) is 0. The molecular formula is C48H32O2. The zero-order valence-corrected chi connectivity index (χ0v) is 27.5. The summed E-state index contributed by atoms with van der Waals surface area (Å²) in [7, 11) is 0. The molecule has 2 aliphatic carbocycles. The molecule has 0 atom stereocenters. The largest absolute Gasteiger partial charge is 0.456 e. The third-order valence-electron chi connectivity index (χ3n) is 11.1. The number of hydrogen-bond donors (Lipinski definition) is 0. The van der Waals surface area contributed by atoms with Crippen LogP contribution in [0.5, 0.6) is 0 Å². The Morgan fingerprint density at radius 2 is 1.24 bits per heavy atom. The second kappa shape index (κ2) is 10.7. The standard InChI is InChI=1S/C48H32O2/c1-2-8-33-26-34(17-16-29(33)6-1)30-12-14-31(15-13-30)35-18-20-41-45(27-35)49-43-24-22-40-39(47(41)43)23-25-44-48(40)42-21-19-36(28-46(42)50-44)38-11-5-9-32-7-3-4-10-37(32)38/h1,3-7,9-17,19,21-28H,2,8,18,20H2. The predicted octanol–water partition coefficient (Wildman–Crippen LogP) is 13.4. The van der Waals surface area contributed by atoms with E-state index < -0.39 is 0 Å². The average molecular weight is 641 g/mol. The van der Waals surface area contributed by atoms with Crippen LogP contribution in [0.15, 0.2) is 142 Å². The quantitative estimate of drug-likeness (QED) is 0.192. The van der Waals surface area contributed by atoms with Crippen LogP contribution in [0, 0.1) is 0 Å². The van der Waals surface area contributed by atoms with Crippen molar-refractivity contribution in [1.82, 2.24) is 0 Å². The van der Waals surface area contributed by atoms with Gasteiger partial charge in [-0.3, -0.25) is 0 Å².